The van der Waals surface area contributed by atoms with Crippen LogP contribution in [0.3, 0.4) is 0 Å². The van der Waals surface area contributed by atoms with Gasteiger partial charge in [0, 0.05) is 12.3 Å². The first-order chi connectivity index (χ1) is 13.2. The summed E-state index contributed by atoms with van der Waals surface area (Å²) in [7, 11) is 1.30. The molecule has 0 N–H and O–H groups in total. The molecule has 0 fully saturated rings. The van der Waals surface area contributed by atoms with Crippen molar-refractivity contribution in [3.63, 3.8) is 0 Å². The average Bonchev–Trinajstić information content (AvgIpc) is 3.13. The molecule has 0 aliphatic carbocycles. The van der Waals surface area contributed by atoms with E-state index in [1.807, 2.05) is 54.7 Å². The first kappa shape index (κ1) is 16.8. The highest BCUT2D eigenvalue weighted by molar-refractivity contribution is 5.96. The van der Waals surface area contributed by atoms with Gasteiger partial charge < -0.3 is 9.30 Å². The predicted molar refractivity (Wildman–Crippen MR) is 104 cm³/mol. The number of fused-ring (bicyclic) bond motifs is 1. The molecule has 0 radical (unpaired) electrons. The number of methoxy groups -OCH3 is 1. The van der Waals surface area contributed by atoms with E-state index in [4.69, 9.17) is 4.74 Å². The molecule has 0 saturated heterocycles. The molecule has 1 aromatic heterocycles. The Labute approximate surface area is 156 Å². The van der Waals surface area contributed by atoms with E-state index in [1.165, 1.54) is 18.1 Å². The van der Waals surface area contributed by atoms with Gasteiger partial charge in [-0.05, 0) is 41.8 Å². The van der Waals surface area contributed by atoms with Crippen molar-refractivity contribution in [2.75, 3.05) is 12.0 Å². The summed E-state index contributed by atoms with van der Waals surface area (Å²) in [6.45, 7) is 0. The topological polar surface area (TPSA) is 34.5 Å². The minimum Gasteiger partial charge on any atom is -0.452 e. The fourth-order valence-corrected chi connectivity index (χ4v) is 3.15. The van der Waals surface area contributed by atoms with Crippen LogP contribution >= 0.6 is 0 Å². The molecule has 0 atom stereocenters. The molecule has 0 bridgehead atoms. The number of hydrogen-bond acceptors (Lipinski definition) is 2. The standard InChI is InChI=1S/C22H17FN2O2/c1-27-22(26)25(17-8-3-2-4-9-17)18-11-12-21(19(23)15-18)24-14-13-16-7-5-6-10-20(16)24/h2-15H,1H3. The van der Waals surface area contributed by atoms with Crippen LogP contribution in [0.2, 0.25) is 0 Å². The van der Waals surface area contributed by atoms with Crippen molar-refractivity contribution in [1.82, 2.24) is 4.57 Å². The molecule has 0 saturated carbocycles. The fourth-order valence-electron chi connectivity index (χ4n) is 3.15. The zero-order valence-corrected chi connectivity index (χ0v) is 14.7. The van der Waals surface area contributed by atoms with Gasteiger partial charge in [-0.3, -0.25) is 0 Å². The summed E-state index contributed by atoms with van der Waals surface area (Å²) in [5, 5.41) is 1.03. The molecule has 0 aliphatic heterocycles. The molecule has 4 rings (SSSR count). The van der Waals surface area contributed by atoms with Crippen molar-refractivity contribution in [2.24, 2.45) is 0 Å². The van der Waals surface area contributed by atoms with Gasteiger partial charge >= 0.3 is 6.09 Å². The van der Waals surface area contributed by atoms with Crippen LogP contribution in [-0.4, -0.2) is 17.8 Å². The first-order valence-electron chi connectivity index (χ1n) is 8.48. The highest BCUT2D eigenvalue weighted by Gasteiger charge is 2.20. The second-order valence-electron chi connectivity index (χ2n) is 6.02. The lowest BCUT2D eigenvalue weighted by Crippen LogP contribution is -2.25. The van der Waals surface area contributed by atoms with Crippen molar-refractivity contribution in [2.45, 2.75) is 0 Å². The monoisotopic (exact) mass is 360 g/mol. The summed E-state index contributed by atoms with van der Waals surface area (Å²) in [4.78, 5) is 13.6. The van der Waals surface area contributed by atoms with E-state index < -0.39 is 11.9 Å². The van der Waals surface area contributed by atoms with Gasteiger partial charge in [0.05, 0.1) is 29.7 Å². The molecular weight excluding hydrogens is 343 g/mol. The molecular formula is C22H17FN2O2. The third-order valence-corrected chi connectivity index (χ3v) is 4.42. The highest BCUT2D eigenvalue weighted by Crippen LogP contribution is 2.30. The lowest BCUT2D eigenvalue weighted by atomic mass is 10.2. The van der Waals surface area contributed by atoms with E-state index in [9.17, 15) is 9.18 Å². The number of amides is 1. The van der Waals surface area contributed by atoms with Gasteiger partial charge in [0.25, 0.3) is 0 Å². The van der Waals surface area contributed by atoms with E-state index in [2.05, 4.69) is 0 Å². The quantitative estimate of drug-likeness (QED) is 0.471. The summed E-state index contributed by atoms with van der Waals surface area (Å²) >= 11 is 0. The van der Waals surface area contributed by atoms with Crippen LogP contribution < -0.4 is 4.90 Å². The van der Waals surface area contributed by atoms with E-state index in [0.29, 0.717) is 17.1 Å². The number of para-hydroxylation sites is 2. The van der Waals surface area contributed by atoms with Gasteiger partial charge in [-0.25, -0.2) is 14.1 Å². The van der Waals surface area contributed by atoms with Crippen molar-refractivity contribution in [3.8, 4) is 5.69 Å². The summed E-state index contributed by atoms with van der Waals surface area (Å²) in [5.74, 6) is -0.432. The number of carbonyl (C=O) groups excluding carboxylic acids is 1. The zero-order valence-electron chi connectivity index (χ0n) is 14.7. The smallest absolute Gasteiger partial charge is 0.418 e. The van der Waals surface area contributed by atoms with Gasteiger partial charge in [0.1, 0.15) is 5.82 Å². The Morgan fingerprint density at radius 3 is 2.41 bits per heavy atom. The molecule has 4 nitrogen and oxygen atoms in total. The van der Waals surface area contributed by atoms with Gasteiger partial charge in [0.15, 0.2) is 0 Å². The largest absolute Gasteiger partial charge is 0.452 e. The van der Waals surface area contributed by atoms with Crippen molar-refractivity contribution in [3.05, 3.63) is 90.9 Å². The second-order valence-corrected chi connectivity index (χ2v) is 6.02. The number of benzene rings is 3. The number of anilines is 2. The van der Waals surface area contributed by atoms with Gasteiger partial charge in [-0.2, -0.15) is 0 Å². The average molecular weight is 360 g/mol. The molecule has 134 valence electrons. The van der Waals surface area contributed by atoms with Crippen molar-refractivity contribution < 1.29 is 13.9 Å². The van der Waals surface area contributed by atoms with Crippen LogP contribution in [0, 0.1) is 5.82 Å². The molecule has 0 spiro atoms. The van der Waals surface area contributed by atoms with Crippen LogP contribution in [0.4, 0.5) is 20.6 Å². The summed E-state index contributed by atoms with van der Waals surface area (Å²) in [6, 6.07) is 23.4. The molecule has 1 amide bonds. The summed E-state index contributed by atoms with van der Waals surface area (Å²) in [6.07, 6.45) is 1.25. The summed E-state index contributed by atoms with van der Waals surface area (Å²) in [5.41, 5.74) is 2.32. The third kappa shape index (κ3) is 3.04. The van der Waals surface area contributed by atoms with E-state index in [-0.39, 0.29) is 0 Å². The van der Waals surface area contributed by atoms with E-state index >= 15 is 0 Å². The Morgan fingerprint density at radius 1 is 0.926 bits per heavy atom. The zero-order chi connectivity index (χ0) is 18.8. The second kappa shape index (κ2) is 6.96. The Kier molecular flexibility index (Phi) is 4.34. The number of hydrogen-bond donors (Lipinski definition) is 0. The normalized spacial score (nSPS) is 10.7. The molecule has 0 aliphatic rings. The van der Waals surface area contributed by atoms with E-state index in [1.54, 1.807) is 28.8 Å². The number of rotatable bonds is 3. The van der Waals surface area contributed by atoms with E-state index in [0.717, 1.165) is 10.9 Å². The lowest BCUT2D eigenvalue weighted by Gasteiger charge is -2.22. The molecule has 4 aromatic rings. The molecule has 27 heavy (non-hydrogen) atoms. The molecule has 3 aromatic carbocycles. The minimum absolute atomic E-state index is 0.394. The van der Waals surface area contributed by atoms with Crippen LogP contribution in [0.15, 0.2) is 85.1 Å². The first-order valence-corrected chi connectivity index (χ1v) is 8.48. The van der Waals surface area contributed by atoms with Crippen LogP contribution in [-0.2, 0) is 4.74 Å². The maximum atomic E-state index is 15.0. The molecule has 5 heteroatoms. The third-order valence-electron chi connectivity index (χ3n) is 4.42. The highest BCUT2D eigenvalue weighted by atomic mass is 19.1. The summed E-state index contributed by atoms with van der Waals surface area (Å²) < 4.78 is 21.7. The Hall–Kier alpha value is -3.60. The predicted octanol–water partition coefficient (Wildman–Crippen LogP) is 5.67. The van der Waals surface area contributed by atoms with Crippen LogP contribution in [0.1, 0.15) is 0 Å². The van der Waals surface area contributed by atoms with Gasteiger partial charge in [-0.15, -0.1) is 0 Å². The maximum Gasteiger partial charge on any atom is 0.418 e. The number of carbonyl (C=O) groups is 1. The Morgan fingerprint density at radius 2 is 1.67 bits per heavy atom. The Balaban J connectivity index is 1.79. The maximum absolute atomic E-state index is 15.0. The fraction of sp³-hybridized carbons (Fsp3) is 0.0455. The molecule has 1 heterocycles. The van der Waals surface area contributed by atoms with Crippen molar-refractivity contribution in [1.29, 1.82) is 0 Å². The number of halogens is 1. The minimum atomic E-state index is -0.584. The number of ether oxygens (including phenoxy) is 1. The van der Waals surface area contributed by atoms with Crippen LogP contribution in [0.5, 0.6) is 0 Å². The lowest BCUT2D eigenvalue weighted by molar-refractivity contribution is 0.181. The SMILES string of the molecule is COC(=O)N(c1ccccc1)c1ccc(-n2ccc3ccccc32)c(F)c1. The Bertz CT molecular complexity index is 1110. The number of nitrogens with zero attached hydrogens (tertiary/aromatic N) is 2. The molecule has 0 unspecified atom stereocenters. The number of aromatic nitrogens is 1. The van der Waals surface area contributed by atoms with Gasteiger partial charge in [-0.1, -0.05) is 36.4 Å². The van der Waals surface area contributed by atoms with Gasteiger partial charge in [0.2, 0.25) is 0 Å². The van der Waals surface area contributed by atoms with Crippen LogP contribution in [0.25, 0.3) is 16.6 Å². The van der Waals surface area contributed by atoms with Crippen molar-refractivity contribution >= 4 is 28.4 Å².